The van der Waals surface area contributed by atoms with E-state index in [0.717, 1.165) is 25.9 Å². The summed E-state index contributed by atoms with van der Waals surface area (Å²) in [6, 6.07) is 8.48. The van der Waals surface area contributed by atoms with Crippen molar-refractivity contribution in [1.82, 2.24) is 4.90 Å². The molecule has 2 rings (SSSR count). The van der Waals surface area contributed by atoms with Gasteiger partial charge in [-0.05, 0) is 36.9 Å². The minimum atomic E-state index is -0.0442. The van der Waals surface area contributed by atoms with Crippen LogP contribution in [0, 0.1) is 5.92 Å². The molecule has 94 valence electrons. The highest BCUT2D eigenvalue weighted by Gasteiger charge is 2.27. The van der Waals surface area contributed by atoms with E-state index in [1.165, 1.54) is 11.1 Å². The molecule has 0 bridgehead atoms. The number of hydrogen-bond donors (Lipinski definition) is 2. The Bertz CT molecular complexity index is 344. The highest BCUT2D eigenvalue weighted by molar-refractivity contribution is 5.22. The summed E-state index contributed by atoms with van der Waals surface area (Å²) in [4.78, 5) is 2.33. The molecule has 3 N–H and O–H groups in total. The van der Waals surface area contributed by atoms with Gasteiger partial charge in [-0.25, -0.2) is 0 Å². The van der Waals surface area contributed by atoms with Gasteiger partial charge in [-0.15, -0.1) is 0 Å². The minimum absolute atomic E-state index is 0.0442. The van der Waals surface area contributed by atoms with E-state index in [1.54, 1.807) is 0 Å². The predicted octanol–water partition coefficient (Wildman–Crippen LogP) is 1.35. The molecule has 0 saturated heterocycles. The fraction of sp³-hybridized carbons (Fsp3) is 0.571. The highest BCUT2D eigenvalue weighted by atomic mass is 16.3. The number of benzene rings is 1. The first kappa shape index (κ1) is 12.6. The minimum Gasteiger partial charge on any atom is -0.393 e. The van der Waals surface area contributed by atoms with Crippen molar-refractivity contribution in [2.24, 2.45) is 11.7 Å². The third-order valence-corrected chi connectivity index (χ3v) is 3.49. The van der Waals surface area contributed by atoms with Gasteiger partial charge in [-0.1, -0.05) is 24.3 Å². The van der Waals surface area contributed by atoms with Gasteiger partial charge >= 0.3 is 0 Å². The monoisotopic (exact) mass is 234 g/mol. The lowest BCUT2D eigenvalue weighted by Crippen LogP contribution is -2.36. The third kappa shape index (κ3) is 3.53. The van der Waals surface area contributed by atoms with Crippen LogP contribution in [0.3, 0.4) is 0 Å². The quantitative estimate of drug-likeness (QED) is 0.808. The van der Waals surface area contributed by atoms with Crippen LogP contribution in [-0.2, 0) is 13.1 Å². The van der Waals surface area contributed by atoms with E-state index in [9.17, 15) is 5.11 Å². The first-order chi connectivity index (χ1) is 8.17. The van der Waals surface area contributed by atoms with E-state index in [-0.39, 0.29) is 6.10 Å². The molecule has 1 aliphatic rings. The normalized spacial score (nSPS) is 23.8. The van der Waals surface area contributed by atoms with E-state index < -0.39 is 0 Å². The van der Waals surface area contributed by atoms with Crippen LogP contribution >= 0.6 is 0 Å². The lowest BCUT2D eigenvalue weighted by molar-refractivity contribution is 0.0274. The zero-order chi connectivity index (χ0) is 12.3. The number of nitrogens with zero attached hydrogens (tertiary/aromatic N) is 1. The summed E-state index contributed by atoms with van der Waals surface area (Å²) in [6.45, 7) is 2.66. The smallest absolute Gasteiger partial charge is 0.0546 e. The second kappa shape index (κ2) is 5.63. The van der Waals surface area contributed by atoms with Crippen LogP contribution in [-0.4, -0.2) is 29.7 Å². The molecule has 0 aliphatic heterocycles. The molecule has 0 spiro atoms. The van der Waals surface area contributed by atoms with E-state index in [4.69, 9.17) is 5.73 Å². The lowest BCUT2D eigenvalue weighted by Gasteiger charge is -2.34. The van der Waals surface area contributed by atoms with Crippen molar-refractivity contribution in [2.75, 3.05) is 13.6 Å². The van der Waals surface area contributed by atoms with Crippen LogP contribution in [0.5, 0.6) is 0 Å². The van der Waals surface area contributed by atoms with Gasteiger partial charge < -0.3 is 15.7 Å². The zero-order valence-corrected chi connectivity index (χ0v) is 10.5. The van der Waals surface area contributed by atoms with E-state index in [0.29, 0.717) is 12.5 Å². The first-order valence-electron chi connectivity index (χ1n) is 6.32. The molecule has 1 aromatic rings. The average Bonchev–Trinajstić information content (AvgIpc) is 2.28. The molecule has 1 saturated carbocycles. The Morgan fingerprint density at radius 3 is 2.35 bits per heavy atom. The summed E-state index contributed by atoms with van der Waals surface area (Å²) in [5, 5.41) is 9.25. The van der Waals surface area contributed by atoms with Crippen LogP contribution in [0.25, 0.3) is 0 Å². The Hall–Kier alpha value is -0.900. The Morgan fingerprint density at radius 1 is 1.24 bits per heavy atom. The van der Waals surface area contributed by atoms with Gasteiger partial charge in [-0.2, -0.15) is 0 Å². The van der Waals surface area contributed by atoms with Gasteiger partial charge in [0.2, 0.25) is 0 Å². The Morgan fingerprint density at radius 2 is 1.82 bits per heavy atom. The van der Waals surface area contributed by atoms with Crippen LogP contribution in [0.2, 0.25) is 0 Å². The van der Waals surface area contributed by atoms with Crippen LogP contribution in [0.4, 0.5) is 0 Å². The summed E-state index contributed by atoms with van der Waals surface area (Å²) in [5.74, 6) is 0.679. The molecule has 0 atom stereocenters. The molecular weight excluding hydrogens is 212 g/mol. The highest BCUT2D eigenvalue weighted by Crippen LogP contribution is 2.27. The Labute approximate surface area is 103 Å². The first-order valence-corrected chi connectivity index (χ1v) is 6.32. The van der Waals surface area contributed by atoms with Crippen molar-refractivity contribution in [3.8, 4) is 0 Å². The molecule has 0 heterocycles. The number of aliphatic hydroxyl groups is 1. The summed E-state index contributed by atoms with van der Waals surface area (Å²) in [5.41, 5.74) is 8.07. The molecule has 0 aromatic heterocycles. The molecule has 0 amide bonds. The summed E-state index contributed by atoms with van der Waals surface area (Å²) in [7, 11) is 2.14. The van der Waals surface area contributed by atoms with Crippen molar-refractivity contribution < 1.29 is 5.11 Å². The Balaban J connectivity index is 1.78. The van der Waals surface area contributed by atoms with Gasteiger partial charge in [0.25, 0.3) is 0 Å². The largest absolute Gasteiger partial charge is 0.393 e. The maximum absolute atomic E-state index is 9.25. The number of nitrogens with two attached hydrogens (primary N) is 1. The second-order valence-electron chi connectivity index (χ2n) is 5.21. The van der Waals surface area contributed by atoms with Gasteiger partial charge in [-0.3, -0.25) is 0 Å². The van der Waals surface area contributed by atoms with Gasteiger partial charge in [0.1, 0.15) is 0 Å². The molecular formula is C14H22N2O. The standard InChI is InChI=1S/C14H22N2O/c1-16(10-13-6-14(17)7-13)9-12-4-2-11(8-15)3-5-12/h2-5,13-14,17H,6-10,15H2,1H3. The van der Waals surface area contributed by atoms with E-state index >= 15 is 0 Å². The van der Waals surface area contributed by atoms with E-state index in [2.05, 4.69) is 36.2 Å². The van der Waals surface area contributed by atoms with Crippen LogP contribution in [0.1, 0.15) is 24.0 Å². The molecule has 0 radical (unpaired) electrons. The van der Waals surface area contributed by atoms with Gasteiger partial charge in [0.05, 0.1) is 6.10 Å². The molecule has 1 aromatic carbocycles. The van der Waals surface area contributed by atoms with E-state index in [1.807, 2.05) is 0 Å². The second-order valence-corrected chi connectivity index (χ2v) is 5.21. The molecule has 17 heavy (non-hydrogen) atoms. The molecule has 0 unspecified atom stereocenters. The van der Waals surface area contributed by atoms with Gasteiger partial charge in [0.15, 0.2) is 0 Å². The lowest BCUT2D eigenvalue weighted by atomic mass is 9.82. The van der Waals surface area contributed by atoms with Gasteiger partial charge in [0, 0.05) is 19.6 Å². The molecule has 3 nitrogen and oxygen atoms in total. The zero-order valence-electron chi connectivity index (χ0n) is 10.5. The van der Waals surface area contributed by atoms with Crippen molar-refractivity contribution in [3.05, 3.63) is 35.4 Å². The summed E-state index contributed by atoms with van der Waals surface area (Å²) in [6.07, 6.45) is 1.89. The fourth-order valence-corrected chi connectivity index (χ4v) is 2.45. The summed E-state index contributed by atoms with van der Waals surface area (Å²) >= 11 is 0. The molecule has 1 aliphatic carbocycles. The number of rotatable bonds is 5. The number of hydrogen-bond acceptors (Lipinski definition) is 3. The SMILES string of the molecule is CN(Cc1ccc(CN)cc1)CC1CC(O)C1. The maximum Gasteiger partial charge on any atom is 0.0546 e. The topological polar surface area (TPSA) is 49.5 Å². The maximum atomic E-state index is 9.25. The number of aliphatic hydroxyl groups excluding tert-OH is 1. The molecule has 1 fully saturated rings. The van der Waals surface area contributed by atoms with Crippen molar-refractivity contribution in [1.29, 1.82) is 0 Å². The predicted molar refractivity (Wildman–Crippen MR) is 69.4 cm³/mol. The van der Waals surface area contributed by atoms with Crippen molar-refractivity contribution in [3.63, 3.8) is 0 Å². The summed E-state index contributed by atoms with van der Waals surface area (Å²) < 4.78 is 0. The average molecular weight is 234 g/mol. The van der Waals surface area contributed by atoms with Crippen LogP contribution < -0.4 is 5.73 Å². The van der Waals surface area contributed by atoms with Crippen molar-refractivity contribution >= 4 is 0 Å². The van der Waals surface area contributed by atoms with Crippen LogP contribution in [0.15, 0.2) is 24.3 Å². The third-order valence-electron chi connectivity index (χ3n) is 3.49. The molecule has 3 heteroatoms. The Kier molecular flexibility index (Phi) is 4.15. The van der Waals surface area contributed by atoms with Crippen molar-refractivity contribution in [2.45, 2.75) is 32.0 Å². The fourth-order valence-electron chi connectivity index (χ4n) is 2.45.